The first-order chi connectivity index (χ1) is 12.5. The van der Waals surface area contributed by atoms with Crippen molar-refractivity contribution in [3.05, 3.63) is 36.0 Å². The molecule has 0 aliphatic rings. The second-order valence-electron chi connectivity index (χ2n) is 5.98. The Kier molecular flexibility index (Phi) is 5.78. The molecule has 1 aromatic carbocycles. The van der Waals surface area contributed by atoms with Gasteiger partial charge in [-0.05, 0) is 38.5 Å². The number of esters is 1. The van der Waals surface area contributed by atoms with E-state index in [0.29, 0.717) is 0 Å². The number of thiophene rings is 1. The number of methoxy groups -OCH3 is 1. The van der Waals surface area contributed by atoms with Gasteiger partial charge >= 0.3 is 5.97 Å². The van der Waals surface area contributed by atoms with Crippen LogP contribution in [-0.2, 0) is 9.53 Å². The monoisotopic (exact) mass is 388 g/mol. The van der Waals surface area contributed by atoms with Crippen LogP contribution in [0.1, 0.15) is 20.8 Å². The van der Waals surface area contributed by atoms with Crippen LogP contribution in [0.3, 0.4) is 0 Å². The molecule has 0 spiro atoms. The number of carbonyl (C=O) groups excluding carboxylic acids is 1. The number of carbonyl (C=O) groups is 1. The molecule has 3 rings (SSSR count). The van der Waals surface area contributed by atoms with Gasteiger partial charge in [-0.1, -0.05) is 23.9 Å². The minimum Gasteiger partial charge on any atom is -0.497 e. The van der Waals surface area contributed by atoms with Gasteiger partial charge in [0.15, 0.2) is 0 Å². The lowest BCUT2D eigenvalue weighted by Crippen LogP contribution is -2.20. The molecule has 1 unspecified atom stereocenters. The molecular formula is C19H20N2O3S2. The predicted octanol–water partition coefficient (Wildman–Crippen LogP) is 4.80. The van der Waals surface area contributed by atoms with Gasteiger partial charge in [0, 0.05) is 10.9 Å². The van der Waals surface area contributed by atoms with Gasteiger partial charge < -0.3 is 9.47 Å². The first-order valence-electron chi connectivity index (χ1n) is 8.23. The van der Waals surface area contributed by atoms with Crippen LogP contribution in [-0.4, -0.2) is 34.4 Å². The van der Waals surface area contributed by atoms with Crippen LogP contribution in [0.25, 0.3) is 21.3 Å². The van der Waals surface area contributed by atoms with Gasteiger partial charge in [0.2, 0.25) is 0 Å². The Balaban J connectivity index is 1.96. The molecule has 1 atom stereocenters. The summed E-state index contributed by atoms with van der Waals surface area (Å²) in [5, 5.41) is 3.48. The van der Waals surface area contributed by atoms with E-state index in [4.69, 9.17) is 9.47 Å². The van der Waals surface area contributed by atoms with Crippen molar-refractivity contribution in [1.82, 2.24) is 9.97 Å². The highest BCUT2D eigenvalue weighted by Gasteiger charge is 2.21. The average molecular weight is 389 g/mol. The summed E-state index contributed by atoms with van der Waals surface area (Å²) in [5.74, 6) is 0.571. The van der Waals surface area contributed by atoms with Crippen LogP contribution in [0.5, 0.6) is 5.75 Å². The number of rotatable bonds is 6. The van der Waals surface area contributed by atoms with Gasteiger partial charge in [-0.3, -0.25) is 4.79 Å². The summed E-state index contributed by atoms with van der Waals surface area (Å²) in [6, 6.07) is 7.88. The number of benzene rings is 1. The number of fused-ring (bicyclic) bond motifs is 1. The fourth-order valence-corrected chi connectivity index (χ4v) is 4.36. The van der Waals surface area contributed by atoms with E-state index in [9.17, 15) is 4.79 Å². The van der Waals surface area contributed by atoms with Gasteiger partial charge in [0.1, 0.15) is 27.2 Å². The van der Waals surface area contributed by atoms with E-state index in [1.165, 1.54) is 11.8 Å². The normalized spacial score (nSPS) is 12.3. The first-order valence-corrected chi connectivity index (χ1v) is 9.99. The molecule has 26 heavy (non-hydrogen) atoms. The fourth-order valence-electron chi connectivity index (χ4n) is 2.46. The Morgan fingerprint density at radius 3 is 2.54 bits per heavy atom. The van der Waals surface area contributed by atoms with Crippen molar-refractivity contribution in [3.8, 4) is 16.9 Å². The quantitative estimate of drug-likeness (QED) is 0.343. The van der Waals surface area contributed by atoms with Crippen molar-refractivity contribution in [2.45, 2.75) is 37.2 Å². The Morgan fingerprint density at radius 2 is 1.88 bits per heavy atom. The largest absolute Gasteiger partial charge is 0.497 e. The Hall–Kier alpha value is -2.12. The summed E-state index contributed by atoms with van der Waals surface area (Å²) in [6.07, 6.45) is 1.41. The fraction of sp³-hybridized carbons (Fsp3) is 0.316. The van der Waals surface area contributed by atoms with Gasteiger partial charge in [0.05, 0.1) is 18.6 Å². The summed E-state index contributed by atoms with van der Waals surface area (Å²) in [5.41, 5.74) is 2.12. The van der Waals surface area contributed by atoms with E-state index in [-0.39, 0.29) is 17.3 Å². The first kappa shape index (κ1) is 18.7. The molecule has 2 aromatic heterocycles. The molecule has 0 N–H and O–H groups in total. The molecule has 0 bridgehead atoms. The number of nitrogens with zero attached hydrogens (tertiary/aromatic N) is 2. The van der Waals surface area contributed by atoms with Crippen molar-refractivity contribution in [1.29, 1.82) is 0 Å². The molecule has 136 valence electrons. The van der Waals surface area contributed by atoms with Crippen LogP contribution < -0.4 is 4.74 Å². The second kappa shape index (κ2) is 8.05. The lowest BCUT2D eigenvalue weighted by molar-refractivity contribution is -0.146. The van der Waals surface area contributed by atoms with Crippen molar-refractivity contribution in [3.63, 3.8) is 0 Å². The minimum atomic E-state index is -0.348. The summed E-state index contributed by atoms with van der Waals surface area (Å²) >= 11 is 2.97. The van der Waals surface area contributed by atoms with Crippen molar-refractivity contribution in [2.75, 3.05) is 7.11 Å². The van der Waals surface area contributed by atoms with E-state index in [1.54, 1.807) is 24.8 Å². The summed E-state index contributed by atoms with van der Waals surface area (Å²) in [7, 11) is 1.65. The number of aromatic nitrogens is 2. The Labute approximate surface area is 160 Å². The van der Waals surface area contributed by atoms with Crippen LogP contribution in [0.2, 0.25) is 0 Å². The smallest absolute Gasteiger partial charge is 0.319 e. The predicted molar refractivity (Wildman–Crippen MR) is 106 cm³/mol. The van der Waals surface area contributed by atoms with Crippen LogP contribution in [0.15, 0.2) is 41.0 Å². The molecule has 3 aromatic rings. The molecular weight excluding hydrogens is 368 g/mol. The van der Waals surface area contributed by atoms with Crippen LogP contribution in [0.4, 0.5) is 0 Å². The molecule has 5 nitrogen and oxygen atoms in total. The average Bonchev–Trinajstić information content (AvgIpc) is 3.06. The Morgan fingerprint density at radius 1 is 1.15 bits per heavy atom. The highest BCUT2D eigenvalue weighted by atomic mass is 32.2. The van der Waals surface area contributed by atoms with Crippen molar-refractivity contribution >= 4 is 39.3 Å². The van der Waals surface area contributed by atoms with E-state index < -0.39 is 0 Å². The third-order valence-corrected chi connectivity index (χ3v) is 5.67. The highest BCUT2D eigenvalue weighted by molar-refractivity contribution is 8.00. The molecule has 0 aliphatic heterocycles. The van der Waals surface area contributed by atoms with Crippen molar-refractivity contribution < 1.29 is 14.3 Å². The molecule has 0 saturated heterocycles. The third kappa shape index (κ3) is 3.99. The Bertz CT molecular complexity index is 907. The van der Waals surface area contributed by atoms with E-state index in [1.807, 2.05) is 45.0 Å². The molecule has 0 aliphatic carbocycles. The lowest BCUT2D eigenvalue weighted by atomic mass is 10.1. The van der Waals surface area contributed by atoms with Gasteiger partial charge in [-0.15, -0.1) is 11.3 Å². The standard InChI is InChI=1S/C19H20N2O3S2/c1-11(2)24-19(22)12(3)26-18-16-15(9-25-17(16)20-10-21-18)13-5-7-14(23-4)8-6-13/h5-12H,1-4H3. The van der Waals surface area contributed by atoms with E-state index in [0.717, 1.165) is 32.1 Å². The maximum Gasteiger partial charge on any atom is 0.319 e. The maximum atomic E-state index is 12.2. The number of thioether (sulfide) groups is 1. The lowest BCUT2D eigenvalue weighted by Gasteiger charge is -2.13. The van der Waals surface area contributed by atoms with Gasteiger partial charge in [-0.2, -0.15) is 0 Å². The molecule has 0 radical (unpaired) electrons. The third-order valence-electron chi connectivity index (χ3n) is 3.71. The second-order valence-corrected chi connectivity index (χ2v) is 8.17. The zero-order valence-corrected chi connectivity index (χ0v) is 16.7. The number of ether oxygens (including phenoxy) is 2. The summed E-state index contributed by atoms with van der Waals surface area (Å²) < 4.78 is 10.5. The summed E-state index contributed by atoms with van der Waals surface area (Å²) in [6.45, 7) is 5.53. The topological polar surface area (TPSA) is 61.3 Å². The van der Waals surface area contributed by atoms with E-state index in [2.05, 4.69) is 15.3 Å². The molecule has 0 saturated carbocycles. The van der Waals surface area contributed by atoms with E-state index >= 15 is 0 Å². The van der Waals surface area contributed by atoms with Gasteiger partial charge in [0.25, 0.3) is 0 Å². The highest BCUT2D eigenvalue weighted by Crippen LogP contribution is 2.39. The molecule has 7 heteroatoms. The zero-order chi connectivity index (χ0) is 18.7. The summed E-state index contributed by atoms with van der Waals surface area (Å²) in [4.78, 5) is 21.9. The van der Waals surface area contributed by atoms with Gasteiger partial charge in [-0.25, -0.2) is 9.97 Å². The van der Waals surface area contributed by atoms with Crippen molar-refractivity contribution in [2.24, 2.45) is 0 Å². The number of hydrogen-bond donors (Lipinski definition) is 0. The SMILES string of the molecule is COc1ccc(-c2csc3ncnc(SC(C)C(=O)OC(C)C)c23)cc1. The number of hydrogen-bond acceptors (Lipinski definition) is 7. The maximum absolute atomic E-state index is 12.2. The molecule has 0 amide bonds. The molecule has 0 fully saturated rings. The minimum absolute atomic E-state index is 0.132. The van der Waals surface area contributed by atoms with Crippen LogP contribution >= 0.6 is 23.1 Å². The zero-order valence-electron chi connectivity index (χ0n) is 15.1. The van der Waals surface area contributed by atoms with Crippen LogP contribution in [0, 0.1) is 0 Å². The molecule has 2 heterocycles.